The second-order valence-electron chi connectivity index (χ2n) is 18.7. The molecule has 0 saturated heterocycles. The lowest BCUT2D eigenvalue weighted by molar-refractivity contribution is -0.122. The number of fused-ring (bicyclic) bond motifs is 6. The van der Waals surface area contributed by atoms with Crippen molar-refractivity contribution in [2.75, 3.05) is 6.79 Å². The van der Waals surface area contributed by atoms with Gasteiger partial charge < -0.3 is 14.2 Å². The van der Waals surface area contributed by atoms with E-state index in [0.29, 0.717) is 16.6 Å². The summed E-state index contributed by atoms with van der Waals surface area (Å²) < 4.78 is 16.5. The molecule has 0 N–H and O–H groups in total. The Morgan fingerprint density at radius 3 is 2.17 bits per heavy atom. The van der Waals surface area contributed by atoms with Crippen LogP contribution in [0, 0.1) is 52.3 Å². The van der Waals surface area contributed by atoms with Crippen LogP contribution in [-0.4, -0.2) is 18.7 Å². The molecule has 3 aromatic rings. The molecular formula is C48H60O5. The van der Waals surface area contributed by atoms with Gasteiger partial charge in [-0.05, 0) is 152 Å². The van der Waals surface area contributed by atoms with Crippen LogP contribution in [0.15, 0.2) is 72.8 Å². The summed E-state index contributed by atoms with van der Waals surface area (Å²) in [6, 6.07) is 24.8. The highest BCUT2D eigenvalue weighted by molar-refractivity contribution is 6.14. The SMILES string of the molecule is CC(C)CCCC(C)C1CCC2C3CCC4CC(c5ccccc5)(c5ccc(OCOc6ccc7c(c6)C(=O)OC7=O)cc5)CCC4(C)C3CCC12C. The van der Waals surface area contributed by atoms with Crippen LogP contribution in [0.1, 0.15) is 144 Å². The first-order chi connectivity index (χ1) is 25.5. The molecule has 4 aliphatic carbocycles. The van der Waals surface area contributed by atoms with Gasteiger partial charge in [-0.2, -0.15) is 0 Å². The molecule has 5 aliphatic rings. The minimum absolute atomic E-state index is 0.00816. The lowest BCUT2D eigenvalue weighted by Gasteiger charge is -2.63. The third-order valence-electron chi connectivity index (χ3n) is 15.8. The van der Waals surface area contributed by atoms with Crippen molar-refractivity contribution >= 4 is 11.9 Å². The Hall–Kier alpha value is -3.60. The zero-order valence-corrected chi connectivity index (χ0v) is 32.7. The van der Waals surface area contributed by atoms with Crippen molar-refractivity contribution in [2.24, 2.45) is 52.3 Å². The number of rotatable bonds is 11. The van der Waals surface area contributed by atoms with Gasteiger partial charge >= 0.3 is 11.9 Å². The number of cyclic esters (lactones) is 2. The molecule has 1 aliphatic heterocycles. The predicted octanol–water partition coefficient (Wildman–Crippen LogP) is 11.8. The predicted molar refractivity (Wildman–Crippen MR) is 209 cm³/mol. The largest absolute Gasteiger partial charge is 0.458 e. The molecule has 0 radical (unpaired) electrons. The van der Waals surface area contributed by atoms with Crippen LogP contribution < -0.4 is 9.47 Å². The smallest absolute Gasteiger partial charge is 0.347 e. The summed E-state index contributed by atoms with van der Waals surface area (Å²) in [7, 11) is 0. The van der Waals surface area contributed by atoms with Gasteiger partial charge in [0.25, 0.3) is 0 Å². The van der Waals surface area contributed by atoms with Crippen molar-refractivity contribution in [2.45, 2.75) is 117 Å². The van der Waals surface area contributed by atoms with Crippen molar-refractivity contribution in [3.8, 4) is 11.5 Å². The lowest BCUT2D eigenvalue weighted by Crippen LogP contribution is -2.55. The Bertz CT molecular complexity index is 1800. The Morgan fingerprint density at radius 2 is 1.40 bits per heavy atom. The van der Waals surface area contributed by atoms with Crippen molar-refractivity contribution in [1.82, 2.24) is 0 Å². The maximum atomic E-state index is 12.0. The quantitative estimate of drug-likeness (QED) is 0.112. The van der Waals surface area contributed by atoms with E-state index in [-0.39, 0.29) is 23.3 Å². The molecule has 0 spiro atoms. The van der Waals surface area contributed by atoms with Gasteiger partial charge in [-0.3, -0.25) is 0 Å². The molecule has 5 nitrogen and oxygen atoms in total. The van der Waals surface area contributed by atoms with E-state index in [1.165, 1.54) is 94.2 Å². The molecule has 282 valence electrons. The average molecular weight is 717 g/mol. The van der Waals surface area contributed by atoms with Crippen LogP contribution in [0.2, 0.25) is 0 Å². The average Bonchev–Trinajstić information content (AvgIpc) is 3.66. The summed E-state index contributed by atoms with van der Waals surface area (Å²) in [4.78, 5) is 23.8. The van der Waals surface area contributed by atoms with E-state index < -0.39 is 11.9 Å². The summed E-state index contributed by atoms with van der Waals surface area (Å²) in [5.74, 6) is 5.92. The highest BCUT2D eigenvalue weighted by Gasteiger charge is 2.62. The van der Waals surface area contributed by atoms with Gasteiger partial charge in [0.2, 0.25) is 6.79 Å². The van der Waals surface area contributed by atoms with E-state index in [9.17, 15) is 9.59 Å². The molecule has 53 heavy (non-hydrogen) atoms. The van der Waals surface area contributed by atoms with Gasteiger partial charge in [-0.15, -0.1) is 0 Å². The summed E-state index contributed by atoms with van der Waals surface area (Å²) >= 11 is 0. The van der Waals surface area contributed by atoms with Crippen LogP contribution in [0.25, 0.3) is 0 Å². The number of hydrogen-bond donors (Lipinski definition) is 0. The first kappa shape index (κ1) is 36.4. The number of esters is 2. The van der Waals surface area contributed by atoms with Crippen molar-refractivity contribution in [3.05, 3.63) is 95.1 Å². The van der Waals surface area contributed by atoms with Gasteiger partial charge in [0.15, 0.2) is 0 Å². The fourth-order valence-electron chi connectivity index (χ4n) is 12.9. The van der Waals surface area contributed by atoms with Crippen molar-refractivity contribution < 1.29 is 23.8 Å². The number of benzene rings is 3. The van der Waals surface area contributed by atoms with Crippen LogP contribution in [0.3, 0.4) is 0 Å². The Balaban J connectivity index is 0.961. The number of carbonyl (C=O) groups is 2. The highest BCUT2D eigenvalue weighted by atomic mass is 16.7. The maximum absolute atomic E-state index is 12.0. The van der Waals surface area contributed by atoms with Gasteiger partial charge in [-0.1, -0.05) is 96.3 Å². The van der Waals surface area contributed by atoms with E-state index >= 15 is 0 Å². The molecule has 3 aromatic carbocycles. The first-order valence-corrected chi connectivity index (χ1v) is 20.8. The Kier molecular flexibility index (Phi) is 9.77. The van der Waals surface area contributed by atoms with Crippen LogP contribution in [0.5, 0.6) is 11.5 Å². The summed E-state index contributed by atoms with van der Waals surface area (Å²) in [5.41, 5.74) is 4.24. The topological polar surface area (TPSA) is 61.8 Å². The van der Waals surface area contributed by atoms with Crippen LogP contribution >= 0.6 is 0 Å². The van der Waals surface area contributed by atoms with Crippen molar-refractivity contribution in [1.29, 1.82) is 0 Å². The van der Waals surface area contributed by atoms with Gasteiger partial charge in [0, 0.05) is 5.41 Å². The van der Waals surface area contributed by atoms with E-state index in [1.807, 2.05) is 0 Å². The number of carbonyl (C=O) groups excluding carboxylic acids is 2. The highest BCUT2D eigenvalue weighted by Crippen LogP contribution is 2.70. The van der Waals surface area contributed by atoms with Gasteiger partial charge in [0.1, 0.15) is 11.5 Å². The van der Waals surface area contributed by atoms with E-state index in [1.54, 1.807) is 12.1 Å². The molecule has 9 unspecified atom stereocenters. The second-order valence-corrected chi connectivity index (χ2v) is 18.7. The number of hydrogen-bond acceptors (Lipinski definition) is 5. The molecule has 8 rings (SSSR count). The molecule has 5 heteroatoms. The van der Waals surface area contributed by atoms with Gasteiger partial charge in [-0.25, -0.2) is 9.59 Å². The Labute approximate surface area is 317 Å². The fourth-order valence-corrected chi connectivity index (χ4v) is 12.9. The minimum Gasteiger partial charge on any atom is -0.458 e. The standard InChI is InChI=1S/C48H60O5/c1-31(2)10-9-11-32(3)41-22-23-42-39-20-16-35-29-48(33-12-7-6-8-13-33,27-26-46(35,4)43(39)24-25-47(41,42)5)34-14-17-36(18-15-34)51-30-52-37-19-21-38-40(28-37)45(50)53-44(38)49/h6-8,12-15,17-19,21,28,31-32,35,39,41-43H,9-11,16,20,22-27,29-30H2,1-5H3. The minimum atomic E-state index is -0.642. The normalized spacial score (nSPS) is 33.7. The fraction of sp³-hybridized carbons (Fsp3) is 0.583. The van der Waals surface area contributed by atoms with E-state index in [0.717, 1.165) is 47.2 Å². The molecule has 0 aromatic heterocycles. The van der Waals surface area contributed by atoms with E-state index in [2.05, 4.69) is 89.2 Å². The first-order valence-electron chi connectivity index (χ1n) is 20.8. The zero-order chi connectivity index (χ0) is 37.0. The molecule has 9 atom stereocenters. The zero-order valence-electron chi connectivity index (χ0n) is 32.7. The molecule has 0 amide bonds. The second kappa shape index (κ2) is 14.2. The summed E-state index contributed by atoms with van der Waals surface area (Å²) in [6.45, 7) is 12.8. The molecule has 0 bridgehead atoms. The maximum Gasteiger partial charge on any atom is 0.347 e. The van der Waals surface area contributed by atoms with Gasteiger partial charge in [0.05, 0.1) is 11.1 Å². The summed E-state index contributed by atoms with van der Waals surface area (Å²) in [6.07, 6.45) is 16.4. The molecule has 4 saturated carbocycles. The summed E-state index contributed by atoms with van der Waals surface area (Å²) in [5, 5.41) is 0. The van der Waals surface area contributed by atoms with Crippen LogP contribution in [0.4, 0.5) is 0 Å². The lowest BCUT2D eigenvalue weighted by atomic mass is 9.42. The molecule has 4 fully saturated rings. The third kappa shape index (κ3) is 6.42. The van der Waals surface area contributed by atoms with E-state index in [4.69, 9.17) is 14.2 Å². The van der Waals surface area contributed by atoms with Crippen molar-refractivity contribution in [3.63, 3.8) is 0 Å². The molecular weight excluding hydrogens is 657 g/mol. The monoisotopic (exact) mass is 716 g/mol. The number of ether oxygens (including phenoxy) is 3. The van der Waals surface area contributed by atoms with Crippen LogP contribution in [-0.2, 0) is 10.2 Å². The molecule has 1 heterocycles. The third-order valence-corrected chi connectivity index (χ3v) is 15.8. The Morgan fingerprint density at radius 1 is 0.698 bits per heavy atom.